The van der Waals surface area contributed by atoms with Gasteiger partial charge in [-0.1, -0.05) is 29.8 Å². The summed E-state index contributed by atoms with van der Waals surface area (Å²) in [5.74, 6) is -0.448. The molecule has 9 heteroatoms. The van der Waals surface area contributed by atoms with Crippen LogP contribution in [0.15, 0.2) is 41.1 Å². The molecule has 1 aromatic carbocycles. The first-order chi connectivity index (χ1) is 13.0. The van der Waals surface area contributed by atoms with Crippen LogP contribution in [0.3, 0.4) is 0 Å². The van der Waals surface area contributed by atoms with E-state index in [1.807, 2.05) is 48.0 Å². The second-order valence-electron chi connectivity index (χ2n) is 6.05. The number of hydrogen-bond donors (Lipinski definition) is 0. The summed E-state index contributed by atoms with van der Waals surface area (Å²) in [4.78, 5) is 26.6. The maximum absolute atomic E-state index is 12.0. The summed E-state index contributed by atoms with van der Waals surface area (Å²) in [6, 6.07) is 9.61. The third kappa shape index (κ3) is 5.20. The van der Waals surface area contributed by atoms with Gasteiger partial charge in [-0.05, 0) is 34.5 Å². The lowest BCUT2D eigenvalue weighted by atomic mass is 10.1. The van der Waals surface area contributed by atoms with Crippen LogP contribution in [-0.4, -0.2) is 50.6 Å². The first kappa shape index (κ1) is 18.7. The van der Waals surface area contributed by atoms with Crippen molar-refractivity contribution in [1.29, 1.82) is 0 Å². The van der Waals surface area contributed by atoms with Crippen LogP contribution in [0.2, 0.25) is 0 Å². The monoisotopic (exact) mass is 385 g/mol. The van der Waals surface area contributed by atoms with Gasteiger partial charge in [0, 0.05) is 19.2 Å². The van der Waals surface area contributed by atoms with Crippen LogP contribution >= 0.6 is 11.3 Å². The number of likely N-dealkylation sites (N-methyl/N-ethyl adjacent to an activating group) is 1. The lowest BCUT2D eigenvalue weighted by Gasteiger charge is -2.16. The fourth-order valence-electron chi connectivity index (χ4n) is 2.29. The average molecular weight is 385 g/mol. The molecular weight excluding hydrogens is 366 g/mol. The number of tetrazole rings is 1. The van der Waals surface area contributed by atoms with E-state index in [4.69, 9.17) is 4.74 Å². The number of aryl methyl sites for hydroxylation is 1. The highest BCUT2D eigenvalue weighted by atomic mass is 32.1. The summed E-state index contributed by atoms with van der Waals surface area (Å²) in [5.41, 5.74) is 2.98. The number of nitrogens with zero attached hydrogens (tertiary/aromatic N) is 5. The summed E-state index contributed by atoms with van der Waals surface area (Å²) in [6.45, 7) is 1.94. The predicted octanol–water partition coefficient (Wildman–Crippen LogP) is 1.91. The van der Waals surface area contributed by atoms with Gasteiger partial charge in [-0.2, -0.15) is 16.1 Å². The lowest BCUT2D eigenvalue weighted by Crippen LogP contribution is -2.31. The average Bonchev–Trinajstić information content (AvgIpc) is 3.32. The standard InChI is InChI=1S/C18H19N5O3S/c1-13-3-5-15(6-4-13)18-19-21-23(20-18)10-17(25)26-11-16(24)22(2)9-14-7-8-27-12-14/h3-8,12H,9-11H2,1-2H3. The van der Waals surface area contributed by atoms with E-state index >= 15 is 0 Å². The number of benzene rings is 1. The van der Waals surface area contributed by atoms with Crippen LogP contribution in [0, 0.1) is 6.92 Å². The number of amides is 1. The number of ether oxygens (including phenoxy) is 1. The van der Waals surface area contributed by atoms with Crippen molar-refractivity contribution in [1.82, 2.24) is 25.1 Å². The number of carbonyl (C=O) groups excluding carboxylic acids is 2. The Morgan fingerprint density at radius 3 is 2.70 bits per heavy atom. The van der Waals surface area contributed by atoms with Crippen molar-refractivity contribution < 1.29 is 14.3 Å². The molecule has 0 unspecified atom stereocenters. The Morgan fingerprint density at radius 1 is 1.22 bits per heavy atom. The van der Waals surface area contributed by atoms with Gasteiger partial charge in [0.2, 0.25) is 5.82 Å². The zero-order chi connectivity index (χ0) is 19.2. The number of esters is 1. The summed E-state index contributed by atoms with van der Waals surface area (Å²) < 4.78 is 5.02. The van der Waals surface area contributed by atoms with Crippen LogP contribution in [0.5, 0.6) is 0 Å². The Bertz CT molecular complexity index is 905. The first-order valence-corrected chi connectivity index (χ1v) is 9.21. The summed E-state index contributed by atoms with van der Waals surface area (Å²) in [7, 11) is 1.67. The van der Waals surface area contributed by atoms with Gasteiger partial charge in [0.25, 0.3) is 5.91 Å². The van der Waals surface area contributed by atoms with E-state index in [0.717, 1.165) is 21.5 Å². The molecule has 8 nitrogen and oxygen atoms in total. The van der Waals surface area contributed by atoms with E-state index in [0.29, 0.717) is 12.4 Å². The Labute approximate surface area is 160 Å². The minimum Gasteiger partial charge on any atom is -0.454 e. The quantitative estimate of drug-likeness (QED) is 0.577. The summed E-state index contributed by atoms with van der Waals surface area (Å²) >= 11 is 1.57. The van der Waals surface area contributed by atoms with Crippen LogP contribution in [0.25, 0.3) is 11.4 Å². The molecule has 140 valence electrons. The Kier molecular flexibility index (Phi) is 5.92. The molecule has 2 heterocycles. The van der Waals surface area contributed by atoms with Crippen molar-refractivity contribution >= 4 is 23.2 Å². The van der Waals surface area contributed by atoms with Crippen LogP contribution in [0.4, 0.5) is 0 Å². The van der Waals surface area contributed by atoms with Crippen molar-refractivity contribution in [3.8, 4) is 11.4 Å². The molecule has 0 radical (unpaired) electrons. The largest absolute Gasteiger partial charge is 0.454 e. The van der Waals surface area contributed by atoms with Gasteiger partial charge >= 0.3 is 5.97 Å². The Hall–Kier alpha value is -3.07. The molecule has 3 rings (SSSR count). The van der Waals surface area contributed by atoms with Crippen molar-refractivity contribution in [3.05, 3.63) is 52.2 Å². The molecule has 2 aromatic heterocycles. The van der Waals surface area contributed by atoms with Crippen LogP contribution < -0.4 is 0 Å². The molecule has 0 N–H and O–H groups in total. The topological polar surface area (TPSA) is 90.2 Å². The predicted molar refractivity (Wildman–Crippen MR) is 99.7 cm³/mol. The highest BCUT2D eigenvalue weighted by Gasteiger charge is 2.14. The van der Waals surface area contributed by atoms with Gasteiger partial charge in [-0.25, -0.2) is 4.79 Å². The van der Waals surface area contributed by atoms with E-state index in [2.05, 4.69) is 15.4 Å². The van der Waals surface area contributed by atoms with Gasteiger partial charge in [0.05, 0.1) is 0 Å². The molecule has 0 saturated heterocycles. The van der Waals surface area contributed by atoms with E-state index in [9.17, 15) is 9.59 Å². The van der Waals surface area contributed by atoms with Crippen molar-refractivity contribution in [3.63, 3.8) is 0 Å². The van der Waals surface area contributed by atoms with E-state index in [1.165, 1.54) is 4.90 Å². The molecule has 0 fully saturated rings. The number of aromatic nitrogens is 4. The minimum atomic E-state index is -0.597. The van der Waals surface area contributed by atoms with Gasteiger partial charge in [0.15, 0.2) is 13.2 Å². The number of hydrogen-bond acceptors (Lipinski definition) is 7. The Morgan fingerprint density at radius 2 is 2.00 bits per heavy atom. The van der Waals surface area contributed by atoms with E-state index < -0.39 is 5.97 Å². The van der Waals surface area contributed by atoms with E-state index in [1.54, 1.807) is 18.4 Å². The third-order valence-electron chi connectivity index (χ3n) is 3.82. The molecule has 0 aliphatic rings. The fraction of sp³-hybridized carbons (Fsp3) is 0.278. The SMILES string of the molecule is Cc1ccc(-c2nnn(CC(=O)OCC(=O)N(C)Cc3ccsc3)n2)cc1. The molecule has 0 saturated carbocycles. The van der Waals surface area contributed by atoms with Crippen LogP contribution in [-0.2, 0) is 27.4 Å². The molecular formula is C18H19N5O3S. The van der Waals surface area contributed by atoms with Gasteiger partial charge in [-0.15, -0.1) is 10.2 Å². The smallest absolute Gasteiger partial charge is 0.330 e. The maximum Gasteiger partial charge on any atom is 0.330 e. The maximum atomic E-state index is 12.0. The molecule has 0 atom stereocenters. The molecule has 0 bridgehead atoms. The fourth-order valence-corrected chi connectivity index (χ4v) is 2.95. The van der Waals surface area contributed by atoms with Gasteiger partial charge < -0.3 is 9.64 Å². The molecule has 0 aliphatic heterocycles. The third-order valence-corrected chi connectivity index (χ3v) is 4.55. The number of carbonyl (C=O) groups is 2. The van der Waals surface area contributed by atoms with E-state index in [-0.39, 0.29) is 19.1 Å². The summed E-state index contributed by atoms with van der Waals surface area (Å²) in [5, 5.41) is 15.9. The zero-order valence-electron chi connectivity index (χ0n) is 15.0. The minimum absolute atomic E-state index is 0.208. The second-order valence-corrected chi connectivity index (χ2v) is 6.83. The highest BCUT2D eigenvalue weighted by Crippen LogP contribution is 2.14. The molecule has 0 spiro atoms. The Balaban J connectivity index is 1.48. The summed E-state index contributed by atoms with van der Waals surface area (Å²) in [6.07, 6.45) is 0. The molecule has 27 heavy (non-hydrogen) atoms. The number of thiophene rings is 1. The van der Waals surface area contributed by atoms with Gasteiger partial charge in [-0.3, -0.25) is 4.79 Å². The van der Waals surface area contributed by atoms with Crippen molar-refractivity contribution in [2.45, 2.75) is 20.0 Å². The molecule has 0 aliphatic carbocycles. The number of rotatable bonds is 7. The van der Waals surface area contributed by atoms with Crippen molar-refractivity contribution in [2.24, 2.45) is 0 Å². The first-order valence-electron chi connectivity index (χ1n) is 8.27. The van der Waals surface area contributed by atoms with Crippen LogP contribution in [0.1, 0.15) is 11.1 Å². The normalized spacial score (nSPS) is 10.6. The second kappa shape index (κ2) is 8.54. The molecule has 3 aromatic rings. The van der Waals surface area contributed by atoms with Gasteiger partial charge in [0.1, 0.15) is 0 Å². The zero-order valence-corrected chi connectivity index (χ0v) is 15.8. The van der Waals surface area contributed by atoms with Crippen molar-refractivity contribution in [2.75, 3.05) is 13.7 Å². The molecule has 1 amide bonds. The highest BCUT2D eigenvalue weighted by molar-refractivity contribution is 7.07. The lowest BCUT2D eigenvalue weighted by molar-refractivity contribution is -0.152.